The van der Waals surface area contributed by atoms with E-state index in [1.807, 2.05) is 0 Å². The first-order chi connectivity index (χ1) is 8.13. The van der Waals surface area contributed by atoms with E-state index in [1.54, 1.807) is 43.0 Å². The highest BCUT2D eigenvalue weighted by molar-refractivity contribution is 5.92. The first kappa shape index (κ1) is 11.5. The van der Waals surface area contributed by atoms with Crippen LogP contribution in [0.3, 0.4) is 0 Å². The topological polar surface area (TPSA) is 70.7 Å². The Balaban J connectivity index is 2.30. The van der Waals surface area contributed by atoms with Crippen LogP contribution in [-0.2, 0) is 0 Å². The van der Waals surface area contributed by atoms with Crippen molar-refractivity contribution in [3.05, 3.63) is 30.4 Å². The lowest BCUT2D eigenvalue weighted by Crippen LogP contribution is -2.37. The number of amides is 1. The zero-order chi connectivity index (χ0) is 12.4. The molecule has 2 aromatic rings. The predicted octanol–water partition coefficient (Wildman–Crippen LogP) is 0.182. The minimum Gasteiger partial charge on any atom is -0.394 e. The van der Waals surface area contributed by atoms with Gasteiger partial charge in [-0.3, -0.25) is 9.20 Å². The van der Waals surface area contributed by atoms with Gasteiger partial charge in [-0.05, 0) is 13.0 Å². The fourth-order valence-corrected chi connectivity index (χ4v) is 1.44. The number of nitrogens with zero attached hydrogens (tertiary/aromatic N) is 4. The number of hydrogen-bond donors (Lipinski definition) is 1. The van der Waals surface area contributed by atoms with Crippen LogP contribution in [0.5, 0.6) is 0 Å². The Labute approximate surface area is 98.5 Å². The molecule has 0 aliphatic heterocycles. The van der Waals surface area contributed by atoms with Crippen molar-refractivity contribution in [3.8, 4) is 0 Å². The number of carbonyl (C=O) groups excluding carboxylic acids is 1. The molecule has 2 rings (SSSR count). The molecule has 0 aliphatic carbocycles. The highest BCUT2D eigenvalue weighted by Gasteiger charge is 2.19. The van der Waals surface area contributed by atoms with Crippen molar-refractivity contribution < 1.29 is 9.90 Å². The molecule has 2 heterocycles. The molecule has 6 heteroatoms. The van der Waals surface area contributed by atoms with Crippen molar-refractivity contribution >= 4 is 11.7 Å². The number of hydrogen-bond acceptors (Lipinski definition) is 4. The first-order valence-electron chi connectivity index (χ1n) is 5.31. The predicted molar refractivity (Wildman–Crippen MR) is 61.6 cm³/mol. The number of aliphatic hydroxyl groups is 1. The second-order valence-electron chi connectivity index (χ2n) is 3.90. The van der Waals surface area contributed by atoms with Gasteiger partial charge >= 0.3 is 0 Å². The van der Waals surface area contributed by atoms with Crippen LogP contribution >= 0.6 is 0 Å². The standard InChI is InChI=1S/C11H14N4O2/c1-8(7-16)14(2)10(17)9-6-15-5-3-4-12-11(15)13-9/h3-6,8,16H,7H2,1-2H3. The second-order valence-corrected chi connectivity index (χ2v) is 3.90. The average Bonchev–Trinajstić information content (AvgIpc) is 2.79. The van der Waals surface area contributed by atoms with E-state index in [9.17, 15) is 4.79 Å². The molecule has 0 fully saturated rings. The van der Waals surface area contributed by atoms with Crippen molar-refractivity contribution in [2.24, 2.45) is 0 Å². The molecule has 1 N–H and O–H groups in total. The van der Waals surface area contributed by atoms with Crippen molar-refractivity contribution in [2.75, 3.05) is 13.7 Å². The van der Waals surface area contributed by atoms with Crippen molar-refractivity contribution in [1.29, 1.82) is 0 Å². The summed E-state index contributed by atoms with van der Waals surface area (Å²) < 4.78 is 1.69. The van der Waals surface area contributed by atoms with Crippen molar-refractivity contribution in [2.45, 2.75) is 13.0 Å². The van der Waals surface area contributed by atoms with Gasteiger partial charge in [0.25, 0.3) is 5.91 Å². The summed E-state index contributed by atoms with van der Waals surface area (Å²) in [5.41, 5.74) is 0.325. The van der Waals surface area contributed by atoms with E-state index in [0.29, 0.717) is 11.5 Å². The van der Waals surface area contributed by atoms with Crippen LogP contribution in [0.25, 0.3) is 5.78 Å². The van der Waals surface area contributed by atoms with Gasteiger partial charge in [-0.15, -0.1) is 0 Å². The molecule has 1 amide bonds. The monoisotopic (exact) mass is 234 g/mol. The second kappa shape index (κ2) is 4.50. The molecule has 90 valence electrons. The Hall–Kier alpha value is -1.95. The Kier molecular flexibility index (Phi) is 3.06. The Morgan fingerprint density at radius 2 is 2.41 bits per heavy atom. The maximum atomic E-state index is 12.0. The van der Waals surface area contributed by atoms with E-state index in [4.69, 9.17) is 5.11 Å². The third-order valence-corrected chi connectivity index (χ3v) is 2.70. The summed E-state index contributed by atoms with van der Waals surface area (Å²) >= 11 is 0. The number of rotatable bonds is 3. The lowest BCUT2D eigenvalue weighted by atomic mass is 10.3. The number of aromatic nitrogens is 3. The van der Waals surface area contributed by atoms with Crippen LogP contribution in [-0.4, -0.2) is 50.0 Å². The average molecular weight is 234 g/mol. The van der Waals surface area contributed by atoms with Crippen LogP contribution in [0.1, 0.15) is 17.4 Å². The summed E-state index contributed by atoms with van der Waals surface area (Å²) in [5.74, 6) is 0.262. The molecule has 17 heavy (non-hydrogen) atoms. The van der Waals surface area contributed by atoms with Gasteiger partial charge in [0.15, 0.2) is 0 Å². The molecular weight excluding hydrogens is 220 g/mol. The van der Waals surface area contributed by atoms with E-state index < -0.39 is 0 Å². The van der Waals surface area contributed by atoms with Gasteiger partial charge in [-0.1, -0.05) is 0 Å². The number of likely N-dealkylation sites (N-methyl/N-ethyl adjacent to an activating group) is 1. The quantitative estimate of drug-likeness (QED) is 0.822. The van der Waals surface area contributed by atoms with Gasteiger partial charge in [-0.25, -0.2) is 9.97 Å². The van der Waals surface area contributed by atoms with Crippen LogP contribution in [0, 0.1) is 0 Å². The van der Waals surface area contributed by atoms with E-state index in [2.05, 4.69) is 9.97 Å². The van der Waals surface area contributed by atoms with Gasteiger partial charge in [0.1, 0.15) is 5.69 Å². The fourth-order valence-electron chi connectivity index (χ4n) is 1.44. The van der Waals surface area contributed by atoms with Crippen LogP contribution in [0.2, 0.25) is 0 Å². The third kappa shape index (κ3) is 2.12. The SMILES string of the molecule is CC(CO)N(C)C(=O)c1cn2cccnc2n1. The van der Waals surface area contributed by atoms with Crippen LogP contribution in [0.15, 0.2) is 24.7 Å². The number of aliphatic hydroxyl groups excluding tert-OH is 1. The molecule has 0 saturated heterocycles. The molecule has 1 unspecified atom stereocenters. The Morgan fingerprint density at radius 1 is 1.65 bits per heavy atom. The van der Waals surface area contributed by atoms with Gasteiger partial charge in [0.2, 0.25) is 5.78 Å². The molecular formula is C11H14N4O2. The largest absolute Gasteiger partial charge is 0.394 e. The van der Waals surface area contributed by atoms with Crippen LogP contribution < -0.4 is 0 Å². The lowest BCUT2D eigenvalue weighted by Gasteiger charge is -2.21. The van der Waals surface area contributed by atoms with Gasteiger partial charge in [0, 0.05) is 25.6 Å². The number of carbonyl (C=O) groups is 1. The summed E-state index contributed by atoms with van der Waals surface area (Å²) in [5, 5.41) is 9.01. The smallest absolute Gasteiger partial charge is 0.274 e. The minimum absolute atomic E-state index is 0.0755. The van der Waals surface area contributed by atoms with Gasteiger partial charge in [0.05, 0.1) is 12.6 Å². The zero-order valence-corrected chi connectivity index (χ0v) is 9.74. The third-order valence-electron chi connectivity index (χ3n) is 2.70. The molecule has 0 aromatic carbocycles. The summed E-state index contributed by atoms with van der Waals surface area (Å²) in [6.07, 6.45) is 5.03. The molecule has 0 radical (unpaired) electrons. The molecule has 1 atom stereocenters. The van der Waals surface area contributed by atoms with Crippen molar-refractivity contribution in [3.63, 3.8) is 0 Å². The Bertz CT molecular complexity index is 504. The van der Waals surface area contributed by atoms with E-state index in [-0.39, 0.29) is 18.6 Å². The number of fused-ring (bicyclic) bond motifs is 1. The molecule has 2 aromatic heterocycles. The van der Waals surface area contributed by atoms with E-state index in [0.717, 1.165) is 0 Å². The zero-order valence-electron chi connectivity index (χ0n) is 9.74. The van der Waals surface area contributed by atoms with Crippen molar-refractivity contribution in [1.82, 2.24) is 19.3 Å². The summed E-state index contributed by atoms with van der Waals surface area (Å²) in [6.45, 7) is 1.69. The first-order valence-corrected chi connectivity index (χ1v) is 5.31. The fraction of sp³-hybridized carbons (Fsp3) is 0.364. The molecule has 0 bridgehead atoms. The van der Waals surface area contributed by atoms with Crippen LogP contribution in [0.4, 0.5) is 0 Å². The van der Waals surface area contributed by atoms with E-state index >= 15 is 0 Å². The maximum absolute atomic E-state index is 12.0. The summed E-state index contributed by atoms with van der Waals surface area (Å²) in [4.78, 5) is 21.7. The van der Waals surface area contributed by atoms with Gasteiger partial charge in [-0.2, -0.15) is 0 Å². The van der Waals surface area contributed by atoms with Gasteiger partial charge < -0.3 is 10.0 Å². The number of imidazole rings is 1. The maximum Gasteiger partial charge on any atom is 0.274 e. The van der Waals surface area contributed by atoms with E-state index in [1.165, 1.54) is 4.90 Å². The molecule has 0 spiro atoms. The normalized spacial score (nSPS) is 12.6. The minimum atomic E-state index is -0.236. The molecule has 0 aliphatic rings. The summed E-state index contributed by atoms with van der Waals surface area (Å²) in [6, 6.07) is 1.53. The summed E-state index contributed by atoms with van der Waals surface area (Å²) in [7, 11) is 1.64. The lowest BCUT2D eigenvalue weighted by molar-refractivity contribution is 0.0677. The Morgan fingerprint density at radius 3 is 3.06 bits per heavy atom. The molecule has 0 saturated carbocycles. The molecule has 6 nitrogen and oxygen atoms in total. The highest BCUT2D eigenvalue weighted by atomic mass is 16.3. The highest BCUT2D eigenvalue weighted by Crippen LogP contribution is 2.06.